The molecule has 0 spiro atoms. The van der Waals surface area contributed by atoms with E-state index in [-0.39, 0.29) is 18.2 Å². The molecular formula is C15H20N2O3S. The zero-order valence-electron chi connectivity index (χ0n) is 12.0. The van der Waals surface area contributed by atoms with E-state index in [1.54, 1.807) is 4.90 Å². The molecule has 1 aromatic carbocycles. The molecule has 6 heteroatoms. The Bertz CT molecular complexity index is 642. The van der Waals surface area contributed by atoms with Crippen molar-refractivity contribution >= 4 is 21.6 Å². The summed E-state index contributed by atoms with van der Waals surface area (Å²) in [7, 11) is -3.25. The third-order valence-corrected chi connectivity index (χ3v) is 6.08. The van der Waals surface area contributed by atoms with Gasteiger partial charge in [-0.2, -0.15) is 4.31 Å². The summed E-state index contributed by atoms with van der Waals surface area (Å²) in [5.41, 5.74) is 2.10. The number of hydrogen-bond donors (Lipinski definition) is 0. The van der Waals surface area contributed by atoms with Crippen molar-refractivity contribution in [1.82, 2.24) is 4.31 Å². The smallest absolute Gasteiger partial charge is 0.242 e. The largest absolute Gasteiger partial charge is 0.311 e. The van der Waals surface area contributed by atoms with Gasteiger partial charge in [-0.05, 0) is 37.3 Å². The molecule has 0 unspecified atom stereocenters. The van der Waals surface area contributed by atoms with Gasteiger partial charge in [-0.15, -0.1) is 0 Å². The molecule has 0 aliphatic carbocycles. The Morgan fingerprint density at radius 2 is 1.90 bits per heavy atom. The van der Waals surface area contributed by atoms with Crippen molar-refractivity contribution in [2.45, 2.75) is 25.7 Å². The van der Waals surface area contributed by atoms with E-state index >= 15 is 0 Å². The van der Waals surface area contributed by atoms with E-state index in [2.05, 4.69) is 0 Å². The highest BCUT2D eigenvalue weighted by Crippen LogP contribution is 2.27. The van der Waals surface area contributed by atoms with Crippen molar-refractivity contribution in [3.8, 4) is 0 Å². The number of benzene rings is 1. The lowest BCUT2D eigenvalue weighted by Gasteiger charge is -2.32. The topological polar surface area (TPSA) is 57.7 Å². The molecule has 0 radical (unpaired) electrons. The minimum atomic E-state index is -3.25. The Balaban J connectivity index is 1.78. The third kappa shape index (κ3) is 2.96. The molecule has 2 aliphatic rings. The van der Waals surface area contributed by atoms with Crippen LogP contribution < -0.4 is 4.90 Å². The van der Waals surface area contributed by atoms with Crippen molar-refractivity contribution in [1.29, 1.82) is 0 Å². The molecule has 5 nitrogen and oxygen atoms in total. The fourth-order valence-corrected chi connectivity index (χ4v) is 4.59. The highest BCUT2D eigenvalue weighted by molar-refractivity contribution is 7.89. The van der Waals surface area contributed by atoms with E-state index in [9.17, 15) is 13.2 Å². The molecule has 0 bridgehead atoms. The number of nitrogens with zero attached hydrogens (tertiary/aromatic N) is 2. The maximum atomic E-state index is 12.5. The minimum absolute atomic E-state index is 0.0311. The van der Waals surface area contributed by atoms with Gasteiger partial charge in [0, 0.05) is 18.8 Å². The van der Waals surface area contributed by atoms with Crippen LogP contribution in [-0.2, 0) is 21.2 Å². The maximum Gasteiger partial charge on any atom is 0.242 e. The molecule has 2 heterocycles. The Labute approximate surface area is 125 Å². The lowest BCUT2D eigenvalue weighted by molar-refractivity contribution is -0.119. The molecular weight excluding hydrogens is 288 g/mol. The van der Waals surface area contributed by atoms with Gasteiger partial charge < -0.3 is 4.90 Å². The monoisotopic (exact) mass is 308 g/mol. The van der Waals surface area contributed by atoms with Crippen molar-refractivity contribution < 1.29 is 13.2 Å². The average Bonchev–Trinajstić information content (AvgIpc) is 2.48. The first-order valence-electron chi connectivity index (χ1n) is 7.44. The van der Waals surface area contributed by atoms with E-state index in [0.29, 0.717) is 19.5 Å². The average molecular weight is 308 g/mol. The van der Waals surface area contributed by atoms with E-state index in [4.69, 9.17) is 0 Å². The number of rotatable bonds is 2. The van der Waals surface area contributed by atoms with Gasteiger partial charge in [0.05, 0.1) is 12.3 Å². The lowest BCUT2D eigenvalue weighted by Crippen LogP contribution is -2.47. The molecule has 1 aromatic rings. The van der Waals surface area contributed by atoms with E-state index in [0.717, 1.165) is 24.9 Å². The minimum Gasteiger partial charge on any atom is -0.311 e. The van der Waals surface area contributed by atoms with Crippen molar-refractivity contribution in [3.63, 3.8) is 0 Å². The van der Waals surface area contributed by atoms with Gasteiger partial charge >= 0.3 is 0 Å². The first-order valence-corrected chi connectivity index (χ1v) is 9.05. The summed E-state index contributed by atoms with van der Waals surface area (Å²) in [6.45, 7) is 1.10. The van der Waals surface area contributed by atoms with Crippen LogP contribution in [0.4, 0.5) is 5.69 Å². The van der Waals surface area contributed by atoms with Crippen LogP contribution >= 0.6 is 0 Å². The van der Waals surface area contributed by atoms with Gasteiger partial charge in [0.2, 0.25) is 15.9 Å². The number of carbonyl (C=O) groups is 1. The maximum absolute atomic E-state index is 12.5. The van der Waals surface area contributed by atoms with E-state index < -0.39 is 10.0 Å². The molecule has 0 atom stereocenters. The summed E-state index contributed by atoms with van der Waals surface area (Å²) >= 11 is 0. The molecule has 2 aliphatic heterocycles. The van der Waals surface area contributed by atoms with Crippen molar-refractivity contribution in [2.75, 3.05) is 30.3 Å². The third-order valence-electron chi connectivity index (χ3n) is 4.18. The summed E-state index contributed by atoms with van der Waals surface area (Å²) in [5, 5.41) is 0. The van der Waals surface area contributed by atoms with Crippen LogP contribution in [0.5, 0.6) is 0 Å². The van der Waals surface area contributed by atoms with Crippen LogP contribution in [0.15, 0.2) is 24.3 Å². The van der Waals surface area contributed by atoms with Gasteiger partial charge in [0.1, 0.15) is 0 Å². The Morgan fingerprint density at radius 1 is 1.10 bits per heavy atom. The molecule has 3 rings (SSSR count). The molecule has 0 N–H and O–H groups in total. The molecule has 1 fully saturated rings. The van der Waals surface area contributed by atoms with Crippen molar-refractivity contribution in [3.05, 3.63) is 29.8 Å². The number of sulfonamides is 1. The predicted molar refractivity (Wildman–Crippen MR) is 81.7 cm³/mol. The van der Waals surface area contributed by atoms with Gasteiger partial charge in [-0.25, -0.2) is 8.42 Å². The number of amides is 1. The standard InChI is InChI=1S/C15H20N2O3S/c18-15(12-16-9-3-4-11-21(16,19)20)17-10-5-7-13-6-1-2-8-14(13)17/h1-2,6,8H,3-5,7,9-12H2. The summed E-state index contributed by atoms with van der Waals surface area (Å²) < 4.78 is 25.3. The zero-order chi connectivity index (χ0) is 14.9. The summed E-state index contributed by atoms with van der Waals surface area (Å²) in [5.74, 6) is 0.0456. The Kier molecular flexibility index (Phi) is 3.99. The van der Waals surface area contributed by atoms with Gasteiger partial charge in [0.15, 0.2) is 0 Å². The quantitative estimate of drug-likeness (QED) is 0.829. The SMILES string of the molecule is O=C(CN1CCCCS1(=O)=O)N1CCCc2ccccc21. The summed E-state index contributed by atoms with van der Waals surface area (Å²) in [4.78, 5) is 14.3. The normalized spacial score (nSPS) is 21.8. The van der Waals surface area contributed by atoms with Gasteiger partial charge in [-0.1, -0.05) is 18.2 Å². The second kappa shape index (κ2) is 5.77. The van der Waals surface area contributed by atoms with Crippen LogP contribution in [0, 0.1) is 0 Å². The Morgan fingerprint density at radius 3 is 2.71 bits per heavy atom. The molecule has 1 saturated heterocycles. The summed E-state index contributed by atoms with van der Waals surface area (Å²) in [6, 6.07) is 7.87. The van der Waals surface area contributed by atoms with E-state index in [1.165, 1.54) is 9.87 Å². The number of carbonyl (C=O) groups excluding carboxylic acids is 1. The first-order chi connectivity index (χ1) is 10.1. The molecule has 1 amide bonds. The molecule has 0 saturated carbocycles. The summed E-state index contributed by atoms with van der Waals surface area (Å²) in [6.07, 6.45) is 3.43. The number of aryl methyl sites for hydroxylation is 1. The number of fused-ring (bicyclic) bond motifs is 1. The van der Waals surface area contributed by atoms with Crippen LogP contribution in [0.2, 0.25) is 0 Å². The van der Waals surface area contributed by atoms with Gasteiger partial charge in [-0.3, -0.25) is 4.79 Å². The molecule has 0 aromatic heterocycles. The molecule has 21 heavy (non-hydrogen) atoms. The van der Waals surface area contributed by atoms with E-state index in [1.807, 2.05) is 24.3 Å². The highest BCUT2D eigenvalue weighted by Gasteiger charge is 2.30. The number of hydrogen-bond acceptors (Lipinski definition) is 3. The first kappa shape index (κ1) is 14.5. The van der Waals surface area contributed by atoms with Crippen LogP contribution in [0.25, 0.3) is 0 Å². The van der Waals surface area contributed by atoms with Crippen LogP contribution in [0.3, 0.4) is 0 Å². The highest BCUT2D eigenvalue weighted by atomic mass is 32.2. The lowest BCUT2D eigenvalue weighted by atomic mass is 10.0. The van der Waals surface area contributed by atoms with Crippen LogP contribution in [-0.4, -0.2) is 44.0 Å². The number of para-hydroxylation sites is 1. The van der Waals surface area contributed by atoms with Crippen molar-refractivity contribution in [2.24, 2.45) is 0 Å². The predicted octanol–water partition coefficient (Wildman–Crippen LogP) is 1.39. The second-order valence-electron chi connectivity index (χ2n) is 5.63. The number of anilines is 1. The molecule has 114 valence electrons. The zero-order valence-corrected chi connectivity index (χ0v) is 12.8. The fraction of sp³-hybridized carbons (Fsp3) is 0.533. The Hall–Kier alpha value is -1.40. The second-order valence-corrected chi connectivity index (χ2v) is 7.72. The van der Waals surface area contributed by atoms with Gasteiger partial charge in [0.25, 0.3) is 0 Å². The fourth-order valence-electron chi connectivity index (χ4n) is 3.05. The van der Waals surface area contributed by atoms with Crippen LogP contribution in [0.1, 0.15) is 24.8 Å².